The highest BCUT2D eigenvalue weighted by atomic mass is 35.5. The molecule has 0 aliphatic rings. The van der Waals surface area contributed by atoms with Crippen molar-refractivity contribution in [3.63, 3.8) is 0 Å². The maximum Gasteiger partial charge on any atom is 0.0717 e. The first-order valence-electron chi connectivity index (χ1n) is 4.02. The quantitative estimate of drug-likeness (QED) is 0.693. The van der Waals surface area contributed by atoms with Crippen molar-refractivity contribution >= 4 is 11.6 Å². The predicted octanol–water partition coefficient (Wildman–Crippen LogP) is 2.77. The van der Waals surface area contributed by atoms with E-state index in [0.29, 0.717) is 19.6 Å². The summed E-state index contributed by atoms with van der Waals surface area (Å²) in [6.07, 6.45) is 0.438. The molecule has 0 unspecified atom stereocenters. The highest BCUT2D eigenvalue weighted by Gasteiger charge is 1.92. The van der Waals surface area contributed by atoms with Crippen LogP contribution in [0.2, 0.25) is 5.02 Å². The van der Waals surface area contributed by atoms with E-state index in [1.54, 1.807) is 0 Å². The molecular formula is C10H10ClNO. The lowest BCUT2D eigenvalue weighted by atomic mass is 10.2. The van der Waals surface area contributed by atoms with Gasteiger partial charge < -0.3 is 4.74 Å². The molecule has 0 aliphatic carbocycles. The molecule has 1 rings (SSSR count). The van der Waals surface area contributed by atoms with Crippen molar-refractivity contribution in [3.05, 3.63) is 34.9 Å². The lowest BCUT2D eigenvalue weighted by Crippen LogP contribution is -1.93. The molecule has 1 aromatic carbocycles. The number of benzene rings is 1. The van der Waals surface area contributed by atoms with Crippen LogP contribution in [0.3, 0.4) is 0 Å². The molecule has 0 bridgehead atoms. The van der Waals surface area contributed by atoms with Gasteiger partial charge in [-0.3, -0.25) is 0 Å². The average Bonchev–Trinajstić information content (AvgIpc) is 2.15. The minimum absolute atomic E-state index is 0.438. The molecule has 3 heteroatoms. The summed E-state index contributed by atoms with van der Waals surface area (Å²) in [4.78, 5) is 0. The number of hydrogen-bond acceptors (Lipinski definition) is 2. The molecule has 13 heavy (non-hydrogen) atoms. The highest BCUT2D eigenvalue weighted by molar-refractivity contribution is 6.30. The van der Waals surface area contributed by atoms with Gasteiger partial charge in [0.1, 0.15) is 0 Å². The van der Waals surface area contributed by atoms with Gasteiger partial charge in [0.25, 0.3) is 0 Å². The summed E-state index contributed by atoms with van der Waals surface area (Å²) >= 11 is 5.71. The SMILES string of the molecule is N#CCCOCc1ccc(Cl)cc1. The zero-order valence-corrected chi connectivity index (χ0v) is 7.92. The van der Waals surface area contributed by atoms with Crippen molar-refractivity contribution in [2.24, 2.45) is 0 Å². The third-order valence-electron chi connectivity index (χ3n) is 1.54. The Balaban J connectivity index is 2.30. The van der Waals surface area contributed by atoms with E-state index in [2.05, 4.69) is 0 Å². The lowest BCUT2D eigenvalue weighted by Gasteiger charge is -2.01. The first-order chi connectivity index (χ1) is 6.33. The largest absolute Gasteiger partial charge is 0.376 e. The normalized spacial score (nSPS) is 9.54. The molecule has 0 saturated carbocycles. The molecule has 0 N–H and O–H groups in total. The van der Waals surface area contributed by atoms with Crippen LogP contribution < -0.4 is 0 Å². The molecule has 0 atom stereocenters. The molecule has 0 amide bonds. The fourth-order valence-electron chi connectivity index (χ4n) is 0.888. The van der Waals surface area contributed by atoms with Gasteiger partial charge in [0.2, 0.25) is 0 Å². The Morgan fingerprint density at radius 2 is 2.00 bits per heavy atom. The van der Waals surface area contributed by atoms with Crippen LogP contribution in [0.5, 0.6) is 0 Å². The molecule has 0 aromatic heterocycles. The second kappa shape index (κ2) is 5.58. The summed E-state index contributed by atoms with van der Waals surface area (Å²) in [6.45, 7) is 1.03. The van der Waals surface area contributed by atoms with Crippen molar-refractivity contribution in [1.29, 1.82) is 5.26 Å². The first-order valence-corrected chi connectivity index (χ1v) is 4.40. The van der Waals surface area contributed by atoms with Gasteiger partial charge in [-0.1, -0.05) is 23.7 Å². The summed E-state index contributed by atoms with van der Waals surface area (Å²) in [7, 11) is 0. The van der Waals surface area contributed by atoms with E-state index in [1.165, 1.54) is 0 Å². The third-order valence-corrected chi connectivity index (χ3v) is 1.79. The molecule has 2 nitrogen and oxygen atoms in total. The minimum atomic E-state index is 0.438. The van der Waals surface area contributed by atoms with Gasteiger partial charge in [-0.05, 0) is 17.7 Å². The van der Waals surface area contributed by atoms with Crippen LogP contribution in [0.4, 0.5) is 0 Å². The Bertz CT molecular complexity index is 289. The molecular weight excluding hydrogens is 186 g/mol. The van der Waals surface area contributed by atoms with E-state index in [1.807, 2.05) is 30.3 Å². The number of ether oxygens (including phenoxy) is 1. The average molecular weight is 196 g/mol. The Kier molecular flexibility index (Phi) is 4.31. The Morgan fingerprint density at radius 3 is 2.62 bits per heavy atom. The second-order valence-corrected chi connectivity index (χ2v) is 3.02. The van der Waals surface area contributed by atoms with Crippen LogP contribution >= 0.6 is 11.6 Å². The van der Waals surface area contributed by atoms with Gasteiger partial charge in [0.05, 0.1) is 25.7 Å². The van der Waals surface area contributed by atoms with Crippen molar-refractivity contribution in [2.45, 2.75) is 13.0 Å². The van der Waals surface area contributed by atoms with Gasteiger partial charge in [-0.25, -0.2) is 0 Å². The zero-order chi connectivity index (χ0) is 9.52. The van der Waals surface area contributed by atoms with Gasteiger partial charge in [0.15, 0.2) is 0 Å². The van der Waals surface area contributed by atoms with Crippen molar-refractivity contribution in [2.75, 3.05) is 6.61 Å². The van der Waals surface area contributed by atoms with Crippen LogP contribution in [0.1, 0.15) is 12.0 Å². The molecule has 0 fully saturated rings. The van der Waals surface area contributed by atoms with Crippen molar-refractivity contribution in [1.82, 2.24) is 0 Å². The monoisotopic (exact) mass is 195 g/mol. The number of rotatable bonds is 4. The standard InChI is InChI=1S/C10H10ClNO/c11-10-4-2-9(3-5-10)8-13-7-1-6-12/h2-5H,1,7-8H2. The van der Waals surface area contributed by atoms with E-state index in [9.17, 15) is 0 Å². The third kappa shape index (κ3) is 3.93. The maximum absolute atomic E-state index is 8.25. The van der Waals surface area contributed by atoms with E-state index >= 15 is 0 Å². The summed E-state index contributed by atoms with van der Waals surface area (Å²) in [5, 5.41) is 8.98. The fourth-order valence-corrected chi connectivity index (χ4v) is 1.01. The number of nitrogens with zero attached hydrogens (tertiary/aromatic N) is 1. The van der Waals surface area contributed by atoms with Gasteiger partial charge in [-0.2, -0.15) is 5.26 Å². The lowest BCUT2D eigenvalue weighted by molar-refractivity contribution is 0.126. The van der Waals surface area contributed by atoms with E-state index in [-0.39, 0.29) is 0 Å². The van der Waals surface area contributed by atoms with E-state index < -0.39 is 0 Å². The zero-order valence-electron chi connectivity index (χ0n) is 7.16. The second-order valence-electron chi connectivity index (χ2n) is 2.59. The molecule has 1 aromatic rings. The summed E-state index contributed by atoms with van der Waals surface area (Å²) < 4.78 is 5.23. The van der Waals surface area contributed by atoms with Crippen LogP contribution in [0, 0.1) is 11.3 Å². The minimum Gasteiger partial charge on any atom is -0.376 e. The molecule has 0 saturated heterocycles. The topological polar surface area (TPSA) is 33.0 Å². The number of hydrogen-bond donors (Lipinski definition) is 0. The number of nitriles is 1. The van der Waals surface area contributed by atoms with Crippen molar-refractivity contribution < 1.29 is 4.74 Å². The van der Waals surface area contributed by atoms with Gasteiger partial charge >= 0.3 is 0 Å². The Labute approximate surface area is 82.7 Å². The van der Waals surface area contributed by atoms with Gasteiger partial charge in [-0.15, -0.1) is 0 Å². The van der Waals surface area contributed by atoms with Crippen LogP contribution in [-0.2, 0) is 11.3 Å². The molecule has 68 valence electrons. The summed E-state index contributed by atoms with van der Waals surface area (Å²) in [6, 6.07) is 9.49. The van der Waals surface area contributed by atoms with Crippen LogP contribution in [-0.4, -0.2) is 6.61 Å². The predicted molar refractivity (Wildman–Crippen MR) is 51.3 cm³/mol. The van der Waals surface area contributed by atoms with Crippen molar-refractivity contribution in [3.8, 4) is 6.07 Å². The highest BCUT2D eigenvalue weighted by Crippen LogP contribution is 2.10. The van der Waals surface area contributed by atoms with E-state index in [4.69, 9.17) is 21.6 Å². The molecule has 0 aliphatic heterocycles. The Morgan fingerprint density at radius 1 is 1.31 bits per heavy atom. The summed E-state index contributed by atoms with van der Waals surface area (Å²) in [5.41, 5.74) is 1.07. The smallest absolute Gasteiger partial charge is 0.0717 e. The van der Waals surface area contributed by atoms with Gasteiger partial charge in [0, 0.05) is 5.02 Å². The summed E-state index contributed by atoms with van der Waals surface area (Å²) in [5.74, 6) is 0. The Hall–Kier alpha value is -1.04. The fraction of sp³-hybridized carbons (Fsp3) is 0.300. The first kappa shape index (κ1) is 10.0. The molecule has 0 radical (unpaired) electrons. The van der Waals surface area contributed by atoms with Crippen LogP contribution in [0.15, 0.2) is 24.3 Å². The molecule has 0 heterocycles. The van der Waals surface area contributed by atoms with E-state index in [0.717, 1.165) is 10.6 Å². The number of halogens is 1. The van der Waals surface area contributed by atoms with Crippen LogP contribution in [0.25, 0.3) is 0 Å². The maximum atomic E-state index is 8.25. The molecule has 0 spiro atoms.